The summed E-state index contributed by atoms with van der Waals surface area (Å²) >= 11 is 8.69. The number of ether oxygens (including phenoxy) is 3. The molecule has 0 radical (unpaired) electrons. The molecule has 0 aliphatic carbocycles. The zero-order chi connectivity index (χ0) is 33.2. The zero-order valence-electron chi connectivity index (χ0n) is 26.4. The minimum atomic E-state index is -1.00. The number of hydrogen-bond acceptors (Lipinski definition) is 10. The summed E-state index contributed by atoms with van der Waals surface area (Å²) in [5.74, 6) is 0.892. The van der Waals surface area contributed by atoms with Crippen LogP contribution in [0, 0.1) is 5.92 Å². The number of amides is 1. The molecule has 9 nitrogen and oxygen atoms in total. The molecule has 244 valence electrons. The average molecular weight is 692 g/mol. The molecule has 2 aliphatic heterocycles. The molecule has 1 aromatic heterocycles. The third kappa shape index (κ3) is 6.97. The van der Waals surface area contributed by atoms with Gasteiger partial charge in [-0.15, -0.1) is 10.2 Å². The fraction of sp³-hybridized carbons (Fsp3) is 0.314. The number of halogens is 1. The van der Waals surface area contributed by atoms with Crippen molar-refractivity contribution in [3.63, 3.8) is 0 Å². The molecule has 1 fully saturated rings. The van der Waals surface area contributed by atoms with E-state index in [0.717, 1.165) is 23.3 Å². The first-order valence-electron chi connectivity index (χ1n) is 15.2. The molecular formula is C35H34ClN3O6S2. The van der Waals surface area contributed by atoms with Gasteiger partial charge in [0.15, 0.2) is 15.8 Å². The second kappa shape index (κ2) is 14.0. The summed E-state index contributed by atoms with van der Waals surface area (Å²) in [6, 6.07) is 17.1. The van der Waals surface area contributed by atoms with Crippen LogP contribution in [0.1, 0.15) is 55.5 Å². The van der Waals surface area contributed by atoms with Gasteiger partial charge in [0.2, 0.25) is 5.13 Å². The summed E-state index contributed by atoms with van der Waals surface area (Å²) in [4.78, 5) is 28.9. The smallest absolute Gasteiger partial charge is 0.301 e. The van der Waals surface area contributed by atoms with Gasteiger partial charge in [-0.2, -0.15) is 0 Å². The summed E-state index contributed by atoms with van der Waals surface area (Å²) in [6.45, 7) is 6.72. The molecule has 3 aromatic carbocycles. The van der Waals surface area contributed by atoms with Crippen molar-refractivity contribution >= 4 is 57.3 Å². The molecule has 1 saturated heterocycles. The number of aliphatic hydroxyl groups excluding tert-OH is 1. The highest BCUT2D eigenvalue weighted by Crippen LogP contribution is 2.46. The molecule has 12 heteroatoms. The normalized spacial score (nSPS) is 18.5. The van der Waals surface area contributed by atoms with Gasteiger partial charge in [0.1, 0.15) is 17.6 Å². The summed E-state index contributed by atoms with van der Waals surface area (Å²) in [6.07, 6.45) is 1.54. The topological polar surface area (TPSA) is 111 Å². The number of nitrogens with zero attached hydrogens (tertiary/aromatic N) is 3. The van der Waals surface area contributed by atoms with Gasteiger partial charge in [-0.3, -0.25) is 14.5 Å². The van der Waals surface area contributed by atoms with Gasteiger partial charge in [0.05, 0.1) is 25.3 Å². The number of benzene rings is 3. The highest BCUT2D eigenvalue weighted by molar-refractivity contribution is 8.00. The predicted molar refractivity (Wildman–Crippen MR) is 184 cm³/mol. The van der Waals surface area contributed by atoms with Crippen LogP contribution in [0.25, 0.3) is 5.76 Å². The number of fused-ring (bicyclic) bond motifs is 1. The van der Waals surface area contributed by atoms with Gasteiger partial charge < -0.3 is 19.3 Å². The Balaban J connectivity index is 1.39. The largest absolute Gasteiger partial charge is 0.507 e. The molecule has 6 rings (SSSR count). The number of carbonyl (C=O) groups excluding carboxylic acids is 2. The Morgan fingerprint density at radius 1 is 1.11 bits per heavy atom. The Morgan fingerprint density at radius 3 is 2.64 bits per heavy atom. The number of hydrogen-bond donors (Lipinski definition) is 1. The number of thioether (sulfide) groups is 1. The van der Waals surface area contributed by atoms with Crippen molar-refractivity contribution in [2.45, 2.75) is 55.9 Å². The third-order valence-corrected chi connectivity index (χ3v) is 10.3. The highest BCUT2D eigenvalue weighted by atomic mass is 35.5. The van der Waals surface area contributed by atoms with Crippen molar-refractivity contribution in [2.75, 3.05) is 18.6 Å². The van der Waals surface area contributed by atoms with E-state index in [2.05, 4.69) is 24.0 Å². The lowest BCUT2D eigenvalue weighted by atomic mass is 9.94. The Morgan fingerprint density at radius 2 is 1.89 bits per heavy atom. The van der Waals surface area contributed by atoms with Gasteiger partial charge in [-0.05, 0) is 78.4 Å². The van der Waals surface area contributed by atoms with Crippen molar-refractivity contribution in [1.29, 1.82) is 0 Å². The van der Waals surface area contributed by atoms with E-state index in [-0.39, 0.29) is 22.6 Å². The van der Waals surface area contributed by atoms with E-state index >= 15 is 0 Å². The number of anilines is 1. The van der Waals surface area contributed by atoms with Gasteiger partial charge in [0, 0.05) is 22.8 Å². The van der Waals surface area contributed by atoms with Crippen LogP contribution in [0.4, 0.5) is 5.13 Å². The van der Waals surface area contributed by atoms with E-state index < -0.39 is 17.7 Å². The second-order valence-corrected chi connectivity index (χ2v) is 14.4. The second-order valence-electron chi connectivity index (χ2n) is 11.8. The fourth-order valence-corrected chi connectivity index (χ4v) is 7.48. The summed E-state index contributed by atoms with van der Waals surface area (Å²) in [5.41, 5.74) is 2.88. The highest BCUT2D eigenvalue weighted by Gasteiger charge is 2.48. The van der Waals surface area contributed by atoms with E-state index in [4.69, 9.17) is 25.8 Å². The average Bonchev–Trinajstić information content (AvgIpc) is 3.75. The maximum atomic E-state index is 13.8. The molecule has 4 aromatic rings. The van der Waals surface area contributed by atoms with Crippen LogP contribution < -0.4 is 19.1 Å². The standard InChI is InChI=1S/C35H34ClN3O6S2/c1-19(2)13-14-44-27-12-7-22(17-28(27)43-4)30-29(31(40)23-8-11-26-24(16-23)15-20(3)45-26)32(41)33(42)39(30)34-37-38-35(47-34)46-18-21-5-9-25(36)10-6-21/h5-12,16-17,19-20,30,40H,13-15,18H2,1-4H3/b31-29+. The Kier molecular flexibility index (Phi) is 9.77. The van der Waals surface area contributed by atoms with E-state index in [1.165, 1.54) is 35.1 Å². The van der Waals surface area contributed by atoms with E-state index in [0.29, 0.717) is 56.7 Å². The number of ketones is 1. The predicted octanol–water partition coefficient (Wildman–Crippen LogP) is 7.87. The SMILES string of the molecule is COc1cc(C2/C(=C(\O)c3ccc4c(c3)CC(C)O4)C(=O)C(=O)N2c2nnc(SCc3ccc(Cl)cc3)s2)ccc1OCCC(C)C. The first-order chi connectivity index (χ1) is 22.6. The fourth-order valence-electron chi connectivity index (χ4n) is 5.53. The number of carbonyl (C=O) groups is 2. The van der Waals surface area contributed by atoms with E-state index in [1.807, 2.05) is 31.2 Å². The number of aliphatic hydroxyl groups is 1. The van der Waals surface area contributed by atoms with Crippen molar-refractivity contribution in [3.8, 4) is 17.2 Å². The monoisotopic (exact) mass is 691 g/mol. The van der Waals surface area contributed by atoms with E-state index in [9.17, 15) is 14.7 Å². The molecule has 47 heavy (non-hydrogen) atoms. The molecule has 2 aliphatic rings. The number of Topliss-reactive ketones (excluding diaryl/α,β-unsaturated/α-hetero) is 1. The molecule has 0 bridgehead atoms. The Hall–Kier alpha value is -4.06. The first kappa shape index (κ1) is 32.9. The number of methoxy groups -OCH3 is 1. The lowest BCUT2D eigenvalue weighted by Gasteiger charge is -2.23. The van der Waals surface area contributed by atoms with Crippen LogP contribution in [0.15, 0.2) is 70.6 Å². The molecule has 0 saturated carbocycles. The van der Waals surface area contributed by atoms with Gasteiger partial charge in [0.25, 0.3) is 5.78 Å². The van der Waals surface area contributed by atoms with Crippen LogP contribution in [0.5, 0.6) is 17.2 Å². The summed E-state index contributed by atoms with van der Waals surface area (Å²) in [5, 5.41) is 21.3. The van der Waals surface area contributed by atoms with Crippen molar-refractivity contribution < 1.29 is 28.9 Å². The van der Waals surface area contributed by atoms with Crippen molar-refractivity contribution in [3.05, 3.63) is 93.5 Å². The van der Waals surface area contributed by atoms with Gasteiger partial charge in [-0.25, -0.2) is 0 Å². The zero-order valence-corrected chi connectivity index (χ0v) is 28.7. The van der Waals surface area contributed by atoms with Crippen molar-refractivity contribution in [2.24, 2.45) is 5.92 Å². The molecule has 3 heterocycles. The molecule has 1 amide bonds. The lowest BCUT2D eigenvalue weighted by molar-refractivity contribution is -0.132. The lowest BCUT2D eigenvalue weighted by Crippen LogP contribution is -2.29. The first-order valence-corrected chi connectivity index (χ1v) is 17.4. The molecule has 2 atom stereocenters. The quantitative estimate of drug-likeness (QED) is 0.0552. The van der Waals surface area contributed by atoms with Gasteiger partial charge >= 0.3 is 5.91 Å². The van der Waals surface area contributed by atoms with Crippen LogP contribution in [-0.2, 0) is 21.8 Å². The Labute approximate surface area is 286 Å². The van der Waals surface area contributed by atoms with Gasteiger partial charge in [-0.1, -0.05) is 66.7 Å². The number of rotatable bonds is 11. The van der Waals surface area contributed by atoms with Crippen LogP contribution >= 0.6 is 34.7 Å². The Bertz CT molecular complexity index is 1840. The maximum Gasteiger partial charge on any atom is 0.301 e. The minimum Gasteiger partial charge on any atom is -0.507 e. The molecule has 2 unspecified atom stereocenters. The summed E-state index contributed by atoms with van der Waals surface area (Å²) in [7, 11) is 1.54. The minimum absolute atomic E-state index is 0.00544. The molecule has 1 N–H and O–H groups in total. The van der Waals surface area contributed by atoms with E-state index in [1.54, 1.807) is 36.4 Å². The number of aromatic nitrogens is 2. The summed E-state index contributed by atoms with van der Waals surface area (Å²) < 4.78 is 18.1. The third-order valence-electron chi connectivity index (χ3n) is 7.95. The van der Waals surface area contributed by atoms with Crippen LogP contribution in [0.2, 0.25) is 5.02 Å². The molecular weight excluding hydrogens is 658 g/mol. The van der Waals surface area contributed by atoms with Crippen LogP contribution in [-0.4, -0.2) is 46.8 Å². The molecule has 0 spiro atoms. The maximum absolute atomic E-state index is 13.8. The van der Waals surface area contributed by atoms with Crippen molar-refractivity contribution in [1.82, 2.24) is 10.2 Å². The van der Waals surface area contributed by atoms with Crippen LogP contribution in [0.3, 0.4) is 0 Å².